The van der Waals surface area contributed by atoms with Gasteiger partial charge in [0.25, 0.3) is 0 Å². The van der Waals surface area contributed by atoms with Gasteiger partial charge in [0.15, 0.2) is 0 Å². The van der Waals surface area contributed by atoms with E-state index in [1.54, 1.807) is 0 Å². The number of nitrogen functional groups attached to an aromatic ring is 1. The first kappa shape index (κ1) is 15.9. The number of anilines is 3. The highest BCUT2D eigenvalue weighted by molar-refractivity contribution is 5.65. The van der Waals surface area contributed by atoms with Gasteiger partial charge in [0, 0.05) is 50.6 Å². The van der Waals surface area contributed by atoms with Gasteiger partial charge in [-0.05, 0) is 48.5 Å². The zero-order valence-electron chi connectivity index (χ0n) is 14.2. The summed E-state index contributed by atoms with van der Waals surface area (Å²) in [6.45, 7) is 0. The highest BCUT2D eigenvalue weighted by atomic mass is 15.5. The predicted molar refractivity (Wildman–Crippen MR) is 98.3 cm³/mol. The van der Waals surface area contributed by atoms with Crippen molar-refractivity contribution in [2.75, 3.05) is 31.8 Å². The number of azo groups is 1. The Morgan fingerprint density at radius 1 is 0.875 bits per heavy atom. The van der Waals surface area contributed by atoms with Gasteiger partial charge in [-0.2, -0.15) is 5.11 Å². The molecule has 0 fully saturated rings. The van der Waals surface area contributed by atoms with Crippen LogP contribution in [0.1, 0.15) is 0 Å². The van der Waals surface area contributed by atoms with Crippen molar-refractivity contribution in [3.63, 3.8) is 0 Å². The van der Waals surface area contributed by atoms with Crippen LogP contribution in [0, 0.1) is 0 Å². The monoisotopic (exact) mass is 322 g/mol. The van der Waals surface area contributed by atoms with Crippen molar-refractivity contribution < 1.29 is 0 Å². The van der Waals surface area contributed by atoms with Gasteiger partial charge in [-0.3, -0.25) is 0 Å². The molecule has 0 bridgehead atoms. The molecular formula is C18H22N6. The Labute approximate surface area is 142 Å². The van der Waals surface area contributed by atoms with Crippen LogP contribution >= 0.6 is 0 Å². The predicted octanol–water partition coefficient (Wildman–Crippen LogP) is 3.75. The molecule has 3 rings (SSSR count). The van der Waals surface area contributed by atoms with E-state index in [0.717, 1.165) is 22.7 Å². The van der Waals surface area contributed by atoms with E-state index in [-0.39, 0.29) is 6.29 Å². The largest absolute Gasteiger partial charge is 0.399 e. The molecule has 2 aromatic carbocycles. The molecule has 1 aliphatic heterocycles. The molecule has 124 valence electrons. The van der Waals surface area contributed by atoms with Crippen molar-refractivity contribution in [1.29, 1.82) is 0 Å². The van der Waals surface area contributed by atoms with E-state index in [4.69, 9.17) is 5.73 Å². The zero-order valence-corrected chi connectivity index (χ0v) is 14.2. The molecule has 0 spiro atoms. The third kappa shape index (κ3) is 3.32. The lowest BCUT2D eigenvalue weighted by molar-refractivity contribution is 0.206. The van der Waals surface area contributed by atoms with Crippen molar-refractivity contribution in [2.24, 2.45) is 10.2 Å². The van der Waals surface area contributed by atoms with Crippen LogP contribution in [0.5, 0.6) is 0 Å². The van der Waals surface area contributed by atoms with E-state index < -0.39 is 0 Å². The van der Waals surface area contributed by atoms with Crippen LogP contribution in [0.25, 0.3) is 0 Å². The van der Waals surface area contributed by atoms with Crippen LogP contribution in [0.2, 0.25) is 0 Å². The number of hydrogen-bond donors (Lipinski definition) is 1. The average Bonchev–Trinajstić information content (AvgIpc) is 2.92. The molecule has 0 amide bonds. The molecule has 0 aliphatic carbocycles. The first-order valence-electron chi connectivity index (χ1n) is 7.77. The number of nitrogens with two attached hydrogens (primary N) is 1. The summed E-state index contributed by atoms with van der Waals surface area (Å²) in [7, 11) is 5.99. The number of hydrogen-bond acceptors (Lipinski definition) is 6. The van der Waals surface area contributed by atoms with Gasteiger partial charge in [-0.1, -0.05) is 0 Å². The van der Waals surface area contributed by atoms with Crippen molar-refractivity contribution >= 4 is 22.7 Å². The van der Waals surface area contributed by atoms with Crippen LogP contribution in [0.3, 0.4) is 0 Å². The molecule has 0 saturated carbocycles. The van der Waals surface area contributed by atoms with Gasteiger partial charge >= 0.3 is 0 Å². The van der Waals surface area contributed by atoms with Gasteiger partial charge in [-0.25, -0.2) is 0 Å². The van der Waals surface area contributed by atoms with E-state index in [2.05, 4.69) is 15.1 Å². The quantitative estimate of drug-likeness (QED) is 0.688. The van der Waals surface area contributed by atoms with Crippen molar-refractivity contribution in [3.8, 4) is 0 Å². The fourth-order valence-corrected chi connectivity index (χ4v) is 2.52. The molecule has 6 nitrogen and oxygen atoms in total. The molecule has 6 heteroatoms. The summed E-state index contributed by atoms with van der Waals surface area (Å²) in [6.07, 6.45) is 3.88. The minimum Gasteiger partial charge on any atom is -0.399 e. The summed E-state index contributed by atoms with van der Waals surface area (Å²) in [4.78, 5) is 6.11. The lowest BCUT2D eigenvalue weighted by Crippen LogP contribution is -2.31. The van der Waals surface area contributed by atoms with Gasteiger partial charge in [0.05, 0.1) is 5.69 Å². The fourth-order valence-electron chi connectivity index (χ4n) is 2.52. The Bertz CT molecular complexity index is 723. The van der Waals surface area contributed by atoms with Gasteiger partial charge < -0.3 is 20.4 Å². The van der Waals surface area contributed by atoms with Crippen LogP contribution in [-0.4, -0.2) is 37.2 Å². The second kappa shape index (κ2) is 6.62. The van der Waals surface area contributed by atoms with Gasteiger partial charge in [0.2, 0.25) is 6.29 Å². The smallest absolute Gasteiger partial charge is 0.217 e. The van der Waals surface area contributed by atoms with Crippen molar-refractivity contribution in [2.45, 2.75) is 6.29 Å². The normalized spacial score (nSPS) is 14.8. The maximum Gasteiger partial charge on any atom is 0.217 e. The molecule has 24 heavy (non-hydrogen) atoms. The van der Waals surface area contributed by atoms with E-state index >= 15 is 0 Å². The van der Waals surface area contributed by atoms with Crippen molar-refractivity contribution in [3.05, 3.63) is 60.9 Å². The summed E-state index contributed by atoms with van der Waals surface area (Å²) >= 11 is 0. The molecule has 0 saturated heterocycles. The number of rotatable bonds is 4. The van der Waals surface area contributed by atoms with E-state index in [1.165, 1.54) is 0 Å². The Morgan fingerprint density at radius 3 is 1.92 bits per heavy atom. The van der Waals surface area contributed by atoms with Gasteiger partial charge in [-0.15, -0.1) is 5.11 Å². The van der Waals surface area contributed by atoms with Crippen LogP contribution in [0.4, 0.5) is 22.7 Å². The summed E-state index contributed by atoms with van der Waals surface area (Å²) < 4.78 is 0. The highest BCUT2D eigenvalue weighted by Crippen LogP contribution is 2.26. The number of nitrogens with zero attached hydrogens (tertiary/aromatic N) is 5. The summed E-state index contributed by atoms with van der Waals surface area (Å²) in [5, 5.41) is 8.73. The first-order chi connectivity index (χ1) is 11.5. The molecular weight excluding hydrogens is 300 g/mol. The highest BCUT2D eigenvalue weighted by Gasteiger charge is 2.19. The molecule has 0 unspecified atom stereocenters. The Hall–Kier alpha value is -3.02. The van der Waals surface area contributed by atoms with Gasteiger partial charge in [0.1, 0.15) is 0 Å². The minimum atomic E-state index is -0.0814. The Balaban J connectivity index is 1.70. The fraction of sp³-hybridized carbons (Fsp3) is 0.222. The van der Waals surface area contributed by atoms with Crippen molar-refractivity contribution in [1.82, 2.24) is 9.80 Å². The summed E-state index contributed by atoms with van der Waals surface area (Å²) in [5.41, 5.74) is 9.49. The van der Waals surface area contributed by atoms with Crippen LogP contribution in [0.15, 0.2) is 71.2 Å². The lowest BCUT2D eigenvalue weighted by atomic mass is 10.2. The second-order valence-corrected chi connectivity index (χ2v) is 5.86. The third-order valence-electron chi connectivity index (χ3n) is 4.06. The van der Waals surface area contributed by atoms with E-state index in [0.29, 0.717) is 0 Å². The Morgan fingerprint density at radius 2 is 1.38 bits per heavy atom. The second-order valence-electron chi connectivity index (χ2n) is 5.86. The SMILES string of the molecule is CN(c1ccc(N)cc1)c1ccc(/N=N/C2N(C)C=CN2C)cc1. The molecule has 0 radical (unpaired) electrons. The minimum absolute atomic E-state index is 0.0814. The van der Waals surface area contributed by atoms with Crippen LogP contribution in [-0.2, 0) is 0 Å². The maximum absolute atomic E-state index is 5.74. The number of benzene rings is 2. The van der Waals surface area contributed by atoms with Crippen LogP contribution < -0.4 is 10.6 Å². The maximum atomic E-state index is 5.74. The average molecular weight is 322 g/mol. The van der Waals surface area contributed by atoms with E-state index in [1.807, 2.05) is 91.9 Å². The topological polar surface area (TPSA) is 60.5 Å². The third-order valence-corrected chi connectivity index (χ3v) is 4.06. The molecule has 1 heterocycles. The Kier molecular flexibility index (Phi) is 4.37. The zero-order chi connectivity index (χ0) is 17.1. The first-order valence-corrected chi connectivity index (χ1v) is 7.77. The van der Waals surface area contributed by atoms with E-state index in [9.17, 15) is 0 Å². The molecule has 2 N–H and O–H groups in total. The molecule has 1 aliphatic rings. The molecule has 2 aromatic rings. The summed E-state index contributed by atoms with van der Waals surface area (Å²) in [5.74, 6) is 0. The summed E-state index contributed by atoms with van der Waals surface area (Å²) in [6, 6.07) is 15.8. The standard InChI is InChI=1S/C18H22N6/c1-22-12-13-23(2)18(22)21-20-15-6-10-17(11-7-15)24(3)16-8-4-14(19)5-9-16/h4-13,18H,19H2,1-3H3/b21-20+. The molecule has 0 atom stereocenters. The molecule has 0 aromatic heterocycles. The lowest BCUT2D eigenvalue weighted by Gasteiger charge is -2.22.